The Morgan fingerprint density at radius 3 is 2.61 bits per heavy atom. The molecule has 0 radical (unpaired) electrons. The Balaban J connectivity index is 2.92. The number of nitro groups is 1. The molecule has 0 aromatic carbocycles. The summed E-state index contributed by atoms with van der Waals surface area (Å²) in [4.78, 5) is 19.8. The zero-order chi connectivity index (χ0) is 13.9. The number of nitrogen functional groups attached to an aromatic ring is 1. The molecule has 3 N–H and O–H groups in total. The molecule has 1 aromatic rings. The van der Waals surface area contributed by atoms with Gasteiger partial charge in [0.25, 0.3) is 0 Å². The van der Waals surface area contributed by atoms with Crippen LogP contribution in [0.3, 0.4) is 0 Å². The van der Waals surface area contributed by atoms with Crippen LogP contribution in [0, 0.1) is 10.1 Å². The normalized spacial score (nSPS) is 11.6. The predicted molar refractivity (Wildman–Crippen MR) is 69.4 cm³/mol. The Kier molecular flexibility index (Phi) is 4.02. The monoisotopic (exact) mass is 254 g/mol. The third-order valence-corrected chi connectivity index (χ3v) is 2.93. The van der Waals surface area contributed by atoms with Crippen LogP contribution in [-0.2, 0) is 0 Å². The molecule has 0 spiro atoms. The fourth-order valence-electron chi connectivity index (χ4n) is 1.16. The highest BCUT2D eigenvalue weighted by Gasteiger charge is 2.25. The summed E-state index contributed by atoms with van der Waals surface area (Å²) in [6.07, 6.45) is 1.20. The van der Waals surface area contributed by atoms with Gasteiger partial charge in [-0.2, -0.15) is 0 Å². The van der Waals surface area contributed by atoms with Gasteiger partial charge in [0.15, 0.2) is 0 Å². The molecular weight excluding hydrogens is 236 g/mol. The number of nitrogens with zero attached hydrogens (tertiary/aromatic N) is 4. The summed E-state index contributed by atoms with van der Waals surface area (Å²) < 4.78 is 0. The lowest BCUT2D eigenvalue weighted by atomic mass is 10.0. The van der Waals surface area contributed by atoms with E-state index in [-0.39, 0.29) is 22.9 Å². The molecule has 0 aliphatic heterocycles. The lowest BCUT2D eigenvalue weighted by Crippen LogP contribution is -2.44. The minimum absolute atomic E-state index is 0.139. The second kappa shape index (κ2) is 5.13. The Morgan fingerprint density at radius 2 is 2.11 bits per heavy atom. The number of anilines is 2. The van der Waals surface area contributed by atoms with Crippen molar-refractivity contribution in [3.05, 3.63) is 16.4 Å². The second-order valence-corrected chi connectivity index (χ2v) is 4.77. The standard InChI is InChI=1S/C10H18N6O2/c1-10(2,15(3)4)5-12-9-7(16(17)18)8(11)13-6-14-9/h6H,5H2,1-4H3,(H3,11,12,13,14). The van der Waals surface area contributed by atoms with Crippen LogP contribution >= 0.6 is 0 Å². The van der Waals surface area contributed by atoms with Gasteiger partial charge in [0.2, 0.25) is 11.6 Å². The van der Waals surface area contributed by atoms with Crippen molar-refractivity contribution in [3.8, 4) is 0 Å². The van der Waals surface area contributed by atoms with E-state index in [4.69, 9.17) is 5.73 Å². The highest BCUT2D eigenvalue weighted by atomic mass is 16.6. The van der Waals surface area contributed by atoms with Crippen molar-refractivity contribution in [3.63, 3.8) is 0 Å². The largest absolute Gasteiger partial charge is 0.378 e. The Hall–Kier alpha value is -1.96. The molecule has 1 rings (SSSR count). The first-order chi connectivity index (χ1) is 8.25. The lowest BCUT2D eigenvalue weighted by molar-refractivity contribution is -0.383. The molecule has 1 aromatic heterocycles. The number of hydrogen-bond acceptors (Lipinski definition) is 7. The van der Waals surface area contributed by atoms with E-state index in [2.05, 4.69) is 15.3 Å². The lowest BCUT2D eigenvalue weighted by Gasteiger charge is -2.32. The van der Waals surface area contributed by atoms with Crippen LogP contribution in [-0.4, -0.2) is 46.0 Å². The number of nitrogens with one attached hydrogen (secondary N) is 1. The highest BCUT2D eigenvalue weighted by Crippen LogP contribution is 2.26. The van der Waals surface area contributed by atoms with Gasteiger partial charge in [-0.25, -0.2) is 9.97 Å². The van der Waals surface area contributed by atoms with Gasteiger partial charge in [0, 0.05) is 12.1 Å². The molecule has 0 aliphatic carbocycles. The summed E-state index contributed by atoms with van der Waals surface area (Å²) in [5, 5.41) is 13.8. The number of hydrogen-bond donors (Lipinski definition) is 2. The molecule has 18 heavy (non-hydrogen) atoms. The molecule has 0 aliphatic rings. The maximum atomic E-state index is 10.9. The van der Waals surface area contributed by atoms with Crippen LogP contribution < -0.4 is 11.1 Å². The van der Waals surface area contributed by atoms with Crippen molar-refractivity contribution in [2.45, 2.75) is 19.4 Å². The third kappa shape index (κ3) is 3.04. The van der Waals surface area contributed by atoms with Gasteiger partial charge in [-0.05, 0) is 27.9 Å². The fraction of sp³-hybridized carbons (Fsp3) is 0.600. The molecule has 0 amide bonds. The van der Waals surface area contributed by atoms with Gasteiger partial charge < -0.3 is 16.0 Å². The molecule has 100 valence electrons. The average Bonchev–Trinajstić information content (AvgIpc) is 2.25. The van der Waals surface area contributed by atoms with E-state index in [9.17, 15) is 10.1 Å². The molecule has 0 bridgehead atoms. The van der Waals surface area contributed by atoms with Crippen molar-refractivity contribution in [1.29, 1.82) is 0 Å². The van der Waals surface area contributed by atoms with Crippen molar-refractivity contribution < 1.29 is 4.92 Å². The smallest absolute Gasteiger partial charge is 0.352 e. The number of nitrogens with two attached hydrogens (primary N) is 1. The zero-order valence-electron chi connectivity index (χ0n) is 11.0. The summed E-state index contributed by atoms with van der Waals surface area (Å²) in [6, 6.07) is 0. The zero-order valence-corrected chi connectivity index (χ0v) is 11.0. The molecule has 1 heterocycles. The second-order valence-electron chi connectivity index (χ2n) is 4.77. The molecule has 8 nitrogen and oxygen atoms in total. The minimum atomic E-state index is -0.583. The highest BCUT2D eigenvalue weighted by molar-refractivity contribution is 5.67. The Morgan fingerprint density at radius 1 is 1.50 bits per heavy atom. The maximum Gasteiger partial charge on any atom is 0.352 e. The van der Waals surface area contributed by atoms with Crippen LogP contribution in [0.5, 0.6) is 0 Å². The van der Waals surface area contributed by atoms with Gasteiger partial charge in [0.05, 0.1) is 4.92 Å². The SMILES string of the molecule is CN(C)C(C)(C)CNc1ncnc(N)c1[N+](=O)[O-]. The van der Waals surface area contributed by atoms with Gasteiger partial charge in [-0.3, -0.25) is 10.1 Å². The summed E-state index contributed by atoms with van der Waals surface area (Å²) in [6.45, 7) is 4.52. The van der Waals surface area contributed by atoms with Crippen LogP contribution in [0.4, 0.5) is 17.3 Å². The van der Waals surface area contributed by atoms with E-state index in [1.807, 2.05) is 32.8 Å². The van der Waals surface area contributed by atoms with Gasteiger partial charge >= 0.3 is 5.69 Å². The minimum Gasteiger partial charge on any atom is -0.378 e. The first-order valence-electron chi connectivity index (χ1n) is 5.42. The van der Waals surface area contributed by atoms with Gasteiger partial charge in [-0.1, -0.05) is 0 Å². The Labute approximate surface area is 105 Å². The van der Waals surface area contributed by atoms with Crippen LogP contribution in [0.2, 0.25) is 0 Å². The summed E-state index contributed by atoms with van der Waals surface area (Å²) >= 11 is 0. The van der Waals surface area contributed by atoms with Crippen molar-refractivity contribution in [1.82, 2.24) is 14.9 Å². The van der Waals surface area contributed by atoms with Crippen LogP contribution in [0.1, 0.15) is 13.8 Å². The number of rotatable bonds is 5. The molecule has 0 unspecified atom stereocenters. The molecule has 0 fully saturated rings. The first kappa shape index (κ1) is 14.1. The third-order valence-electron chi connectivity index (χ3n) is 2.93. The summed E-state index contributed by atoms with van der Waals surface area (Å²) in [5.74, 6) is 0.00239. The van der Waals surface area contributed by atoms with E-state index in [0.717, 1.165) is 0 Å². The van der Waals surface area contributed by atoms with Crippen LogP contribution in [0.15, 0.2) is 6.33 Å². The first-order valence-corrected chi connectivity index (χ1v) is 5.42. The number of likely N-dealkylation sites (N-methyl/N-ethyl adjacent to an activating group) is 1. The summed E-state index contributed by atoms with van der Waals surface area (Å²) in [7, 11) is 3.87. The number of aromatic nitrogens is 2. The average molecular weight is 254 g/mol. The van der Waals surface area contributed by atoms with Crippen molar-refractivity contribution in [2.75, 3.05) is 31.7 Å². The van der Waals surface area contributed by atoms with Gasteiger partial charge in [0.1, 0.15) is 6.33 Å². The molecule has 0 saturated carbocycles. The molecular formula is C10H18N6O2. The van der Waals surface area contributed by atoms with E-state index in [0.29, 0.717) is 6.54 Å². The fourth-order valence-corrected chi connectivity index (χ4v) is 1.16. The van der Waals surface area contributed by atoms with Crippen LogP contribution in [0.25, 0.3) is 0 Å². The van der Waals surface area contributed by atoms with Gasteiger partial charge in [-0.15, -0.1) is 0 Å². The quantitative estimate of drug-likeness (QED) is 0.588. The van der Waals surface area contributed by atoms with Crippen molar-refractivity contribution in [2.24, 2.45) is 0 Å². The van der Waals surface area contributed by atoms with E-state index in [1.54, 1.807) is 0 Å². The summed E-state index contributed by atoms with van der Waals surface area (Å²) in [5.41, 5.74) is 5.02. The topological polar surface area (TPSA) is 110 Å². The van der Waals surface area contributed by atoms with E-state index < -0.39 is 4.92 Å². The molecule has 8 heteroatoms. The van der Waals surface area contributed by atoms with Crippen molar-refractivity contribution >= 4 is 17.3 Å². The molecule has 0 atom stereocenters. The Bertz CT molecular complexity index is 446. The maximum absolute atomic E-state index is 10.9. The van der Waals surface area contributed by atoms with E-state index >= 15 is 0 Å². The molecule has 0 saturated heterocycles. The predicted octanol–water partition coefficient (Wildman–Crippen LogP) is 0.719. The van der Waals surface area contributed by atoms with E-state index in [1.165, 1.54) is 6.33 Å².